The van der Waals surface area contributed by atoms with E-state index in [9.17, 15) is 37.4 Å². The Bertz CT molecular complexity index is 1030. The first kappa shape index (κ1) is 23.7. The van der Waals surface area contributed by atoms with Crippen molar-refractivity contribution >= 4 is 11.9 Å². The summed E-state index contributed by atoms with van der Waals surface area (Å²) in [5.74, 6) is -3.80. The standard InChI is InChI=1S/C21H22F4N2O5/c1-10(2)18-17(20(30)31)26-19(11-3-4-15(22)14(7-11)21(23,24)25)27(18)6-5-13-8-12(28)9-16(29)32-13/h3-4,7,10,12-13,28H,5-6,8-9H2,1-2H3,(H,30,31)/t12-,13-/m1/s1. The number of cyclic esters (lactones) is 1. The maximum atomic E-state index is 13.8. The molecule has 0 saturated carbocycles. The molecule has 0 spiro atoms. The molecule has 2 N–H and O–H groups in total. The van der Waals surface area contributed by atoms with Gasteiger partial charge in [-0.1, -0.05) is 13.8 Å². The van der Waals surface area contributed by atoms with Crippen LogP contribution in [0.25, 0.3) is 11.4 Å². The normalized spacial score (nSPS) is 19.3. The molecule has 2 atom stereocenters. The fourth-order valence-corrected chi connectivity index (χ4v) is 3.85. The number of aliphatic hydroxyl groups excluding tert-OH is 1. The van der Waals surface area contributed by atoms with Crippen LogP contribution in [0.3, 0.4) is 0 Å². The van der Waals surface area contributed by atoms with E-state index in [-0.39, 0.29) is 54.5 Å². The molecule has 1 aromatic heterocycles. The number of carboxylic acids is 1. The molecule has 0 bridgehead atoms. The average Bonchev–Trinajstić information content (AvgIpc) is 3.05. The Morgan fingerprint density at radius 3 is 2.59 bits per heavy atom. The summed E-state index contributed by atoms with van der Waals surface area (Å²) in [7, 11) is 0. The third kappa shape index (κ3) is 4.93. The number of hydrogen-bond donors (Lipinski definition) is 2. The van der Waals surface area contributed by atoms with Crippen molar-refractivity contribution in [2.45, 2.75) is 64.0 Å². The summed E-state index contributed by atoms with van der Waals surface area (Å²) in [4.78, 5) is 27.4. The van der Waals surface area contributed by atoms with E-state index in [0.29, 0.717) is 12.1 Å². The van der Waals surface area contributed by atoms with Gasteiger partial charge in [-0.3, -0.25) is 4.79 Å². The second-order valence-electron chi connectivity index (χ2n) is 7.97. The van der Waals surface area contributed by atoms with Gasteiger partial charge in [0.2, 0.25) is 0 Å². The number of halogens is 4. The Labute approximate surface area is 180 Å². The number of imidazole rings is 1. The number of benzene rings is 1. The molecule has 1 fully saturated rings. The van der Waals surface area contributed by atoms with Gasteiger partial charge in [0.1, 0.15) is 17.7 Å². The summed E-state index contributed by atoms with van der Waals surface area (Å²) in [6.07, 6.45) is -6.21. The van der Waals surface area contributed by atoms with Crippen molar-refractivity contribution < 1.29 is 42.1 Å². The molecular formula is C21H22F4N2O5. The number of nitrogens with zero attached hydrogens (tertiary/aromatic N) is 2. The highest BCUT2D eigenvalue weighted by atomic mass is 19.4. The van der Waals surface area contributed by atoms with Crippen LogP contribution in [0.15, 0.2) is 18.2 Å². The molecule has 0 aliphatic carbocycles. The highest BCUT2D eigenvalue weighted by molar-refractivity contribution is 5.88. The van der Waals surface area contributed by atoms with Crippen LogP contribution >= 0.6 is 0 Å². The number of aliphatic hydroxyl groups is 1. The minimum Gasteiger partial charge on any atom is -0.476 e. The van der Waals surface area contributed by atoms with Crippen LogP contribution < -0.4 is 0 Å². The fourth-order valence-electron chi connectivity index (χ4n) is 3.85. The molecule has 3 rings (SSSR count). The van der Waals surface area contributed by atoms with Crippen LogP contribution in [0.5, 0.6) is 0 Å². The number of carbonyl (C=O) groups excluding carboxylic acids is 1. The lowest BCUT2D eigenvalue weighted by molar-refractivity contribution is -0.160. The van der Waals surface area contributed by atoms with E-state index in [1.54, 1.807) is 13.8 Å². The Hall–Kier alpha value is -2.95. The van der Waals surface area contributed by atoms with Crippen molar-refractivity contribution in [2.24, 2.45) is 0 Å². The molecular weight excluding hydrogens is 436 g/mol. The van der Waals surface area contributed by atoms with Crippen molar-refractivity contribution in [3.8, 4) is 11.4 Å². The molecule has 0 amide bonds. The van der Waals surface area contributed by atoms with E-state index >= 15 is 0 Å². The number of alkyl halides is 3. The minimum absolute atomic E-state index is 0.0620. The van der Waals surface area contributed by atoms with Crippen molar-refractivity contribution in [1.82, 2.24) is 9.55 Å². The highest BCUT2D eigenvalue weighted by Crippen LogP contribution is 2.35. The maximum Gasteiger partial charge on any atom is 0.419 e. The van der Waals surface area contributed by atoms with Gasteiger partial charge in [0.25, 0.3) is 0 Å². The van der Waals surface area contributed by atoms with Crippen molar-refractivity contribution in [3.05, 3.63) is 41.0 Å². The third-order valence-electron chi connectivity index (χ3n) is 5.20. The molecule has 1 saturated heterocycles. The SMILES string of the molecule is CC(C)c1c(C(=O)O)nc(-c2ccc(F)c(C(F)(F)F)c2)n1CC[C@@H]1C[C@@H](O)CC(=O)O1. The molecule has 11 heteroatoms. The van der Waals surface area contributed by atoms with Crippen LogP contribution in [0.4, 0.5) is 17.6 Å². The smallest absolute Gasteiger partial charge is 0.419 e. The number of carboxylic acid groups (broad SMARTS) is 1. The molecule has 1 aromatic carbocycles. The number of carbonyl (C=O) groups is 2. The van der Waals surface area contributed by atoms with Crippen LogP contribution in [0.2, 0.25) is 0 Å². The molecule has 2 heterocycles. The van der Waals surface area contributed by atoms with Crippen LogP contribution in [0.1, 0.15) is 60.8 Å². The first-order valence-corrected chi connectivity index (χ1v) is 9.96. The predicted molar refractivity (Wildman–Crippen MR) is 103 cm³/mol. The molecule has 1 aliphatic rings. The molecule has 1 aliphatic heterocycles. The van der Waals surface area contributed by atoms with Crippen molar-refractivity contribution in [2.75, 3.05) is 0 Å². The molecule has 0 unspecified atom stereocenters. The number of aromatic carboxylic acids is 1. The van der Waals surface area contributed by atoms with E-state index in [1.165, 1.54) is 4.57 Å². The number of hydrogen-bond acceptors (Lipinski definition) is 5. The number of ether oxygens (including phenoxy) is 1. The predicted octanol–water partition coefficient (Wildman–Crippen LogP) is 3.99. The van der Waals surface area contributed by atoms with E-state index in [1.807, 2.05) is 0 Å². The van der Waals surface area contributed by atoms with E-state index in [4.69, 9.17) is 4.74 Å². The lowest BCUT2D eigenvalue weighted by Crippen LogP contribution is -2.33. The molecule has 7 nitrogen and oxygen atoms in total. The van der Waals surface area contributed by atoms with E-state index in [0.717, 1.165) is 6.07 Å². The van der Waals surface area contributed by atoms with Gasteiger partial charge in [-0.15, -0.1) is 0 Å². The first-order valence-electron chi connectivity index (χ1n) is 9.96. The summed E-state index contributed by atoms with van der Waals surface area (Å²) in [5.41, 5.74) is -1.65. The number of aromatic nitrogens is 2. The largest absolute Gasteiger partial charge is 0.476 e. The summed E-state index contributed by atoms with van der Waals surface area (Å²) < 4.78 is 60.1. The lowest BCUT2D eigenvalue weighted by atomic mass is 10.0. The number of rotatable bonds is 6. The average molecular weight is 458 g/mol. The zero-order valence-electron chi connectivity index (χ0n) is 17.3. The Morgan fingerprint density at radius 1 is 1.34 bits per heavy atom. The van der Waals surface area contributed by atoms with Gasteiger partial charge in [0.15, 0.2) is 5.69 Å². The van der Waals surface area contributed by atoms with Crippen molar-refractivity contribution in [1.29, 1.82) is 0 Å². The molecule has 2 aromatic rings. The van der Waals surface area contributed by atoms with Gasteiger partial charge in [-0.05, 0) is 24.1 Å². The zero-order chi connectivity index (χ0) is 23.8. The number of esters is 1. The lowest BCUT2D eigenvalue weighted by Gasteiger charge is -2.26. The Balaban J connectivity index is 2.07. The zero-order valence-corrected chi connectivity index (χ0v) is 17.3. The summed E-state index contributed by atoms with van der Waals surface area (Å²) in [6, 6.07) is 2.35. The molecule has 32 heavy (non-hydrogen) atoms. The molecule has 0 radical (unpaired) electrons. The maximum absolute atomic E-state index is 13.8. The second kappa shape index (κ2) is 8.89. The summed E-state index contributed by atoms with van der Waals surface area (Å²) in [5, 5.41) is 19.4. The van der Waals surface area contributed by atoms with E-state index < -0.39 is 41.7 Å². The Kier molecular flexibility index (Phi) is 6.59. The van der Waals surface area contributed by atoms with Gasteiger partial charge in [-0.25, -0.2) is 14.2 Å². The summed E-state index contributed by atoms with van der Waals surface area (Å²) in [6.45, 7) is 3.48. The highest BCUT2D eigenvalue weighted by Gasteiger charge is 2.35. The van der Waals surface area contributed by atoms with Gasteiger partial charge in [-0.2, -0.15) is 13.2 Å². The van der Waals surface area contributed by atoms with Gasteiger partial charge >= 0.3 is 18.1 Å². The fraction of sp³-hybridized carbons (Fsp3) is 0.476. The van der Waals surface area contributed by atoms with Gasteiger partial charge in [0, 0.05) is 24.9 Å². The van der Waals surface area contributed by atoms with Crippen LogP contribution in [-0.4, -0.2) is 43.9 Å². The van der Waals surface area contributed by atoms with E-state index in [2.05, 4.69) is 4.98 Å². The minimum atomic E-state index is -4.94. The van der Waals surface area contributed by atoms with Crippen molar-refractivity contribution in [3.63, 3.8) is 0 Å². The van der Waals surface area contributed by atoms with Gasteiger partial charge in [0.05, 0.1) is 23.8 Å². The summed E-state index contributed by atoms with van der Waals surface area (Å²) >= 11 is 0. The second-order valence-corrected chi connectivity index (χ2v) is 7.97. The van der Waals surface area contributed by atoms with Gasteiger partial charge < -0.3 is 19.5 Å². The van der Waals surface area contributed by atoms with Crippen LogP contribution in [0, 0.1) is 5.82 Å². The quantitative estimate of drug-likeness (QED) is 0.502. The molecule has 174 valence electrons. The third-order valence-corrected chi connectivity index (χ3v) is 5.20. The van der Waals surface area contributed by atoms with Crippen LogP contribution in [-0.2, 0) is 22.3 Å². The topological polar surface area (TPSA) is 102 Å². The first-order chi connectivity index (χ1) is 14.9. The monoisotopic (exact) mass is 458 g/mol. The Morgan fingerprint density at radius 2 is 2.03 bits per heavy atom.